The lowest BCUT2D eigenvalue weighted by Gasteiger charge is -2.22. The number of hydrogen-bond acceptors (Lipinski definition) is 2. The van der Waals surface area contributed by atoms with E-state index in [4.69, 9.17) is 0 Å². The van der Waals surface area contributed by atoms with Crippen molar-refractivity contribution in [1.82, 2.24) is 4.31 Å². The van der Waals surface area contributed by atoms with Gasteiger partial charge in [0.25, 0.3) is 0 Å². The van der Waals surface area contributed by atoms with E-state index in [1.807, 2.05) is 6.92 Å². The van der Waals surface area contributed by atoms with Gasteiger partial charge in [-0.05, 0) is 24.1 Å². The molecule has 21 heavy (non-hydrogen) atoms. The molecule has 0 heterocycles. The predicted octanol–water partition coefficient (Wildman–Crippen LogP) is 3.59. The average Bonchev–Trinajstić information content (AvgIpc) is 2.38. The van der Waals surface area contributed by atoms with Gasteiger partial charge in [0.1, 0.15) is 6.54 Å². The topological polar surface area (TPSA) is 37.4 Å². The number of alkyl halides is 4. The molecule has 0 aliphatic rings. The minimum absolute atomic E-state index is 0.118. The second-order valence-corrected chi connectivity index (χ2v) is 7.27. The lowest BCUT2D eigenvalue weighted by molar-refractivity contribution is -0.135. The van der Waals surface area contributed by atoms with Crippen LogP contribution in [0.15, 0.2) is 29.2 Å². The molecule has 0 radical (unpaired) electrons. The first-order valence-electron chi connectivity index (χ1n) is 6.42. The summed E-state index contributed by atoms with van der Waals surface area (Å²) >= 11 is 2.98. The van der Waals surface area contributed by atoms with Crippen LogP contribution in [-0.2, 0) is 16.4 Å². The van der Waals surface area contributed by atoms with Crippen LogP contribution in [0.25, 0.3) is 0 Å². The standard InChI is InChI=1S/C13H17BrF3NO2S/c1-2-3-11-4-6-12(7-5-11)21(19,20)18(9-8-14)10-13(15,16)17/h4-7H,2-3,8-10H2,1H3. The summed E-state index contributed by atoms with van der Waals surface area (Å²) in [5, 5.41) is 0.135. The lowest BCUT2D eigenvalue weighted by Crippen LogP contribution is -2.40. The fraction of sp³-hybridized carbons (Fsp3) is 0.538. The monoisotopic (exact) mass is 387 g/mol. The summed E-state index contributed by atoms with van der Waals surface area (Å²) in [5.41, 5.74) is 0.958. The molecule has 0 saturated heterocycles. The zero-order chi connectivity index (χ0) is 16.1. The molecule has 0 aliphatic heterocycles. The van der Waals surface area contributed by atoms with Crippen molar-refractivity contribution in [3.05, 3.63) is 29.8 Å². The van der Waals surface area contributed by atoms with Crippen molar-refractivity contribution in [2.24, 2.45) is 0 Å². The van der Waals surface area contributed by atoms with Gasteiger partial charge in [-0.15, -0.1) is 0 Å². The third-order valence-electron chi connectivity index (χ3n) is 2.79. The van der Waals surface area contributed by atoms with E-state index in [0.29, 0.717) is 4.31 Å². The van der Waals surface area contributed by atoms with Crippen LogP contribution in [0.3, 0.4) is 0 Å². The first-order chi connectivity index (χ1) is 9.70. The second kappa shape index (κ2) is 7.60. The van der Waals surface area contributed by atoms with Crippen molar-refractivity contribution < 1.29 is 21.6 Å². The Morgan fingerprint density at radius 2 is 1.76 bits per heavy atom. The molecule has 0 saturated carbocycles. The Bertz CT molecular complexity index is 544. The van der Waals surface area contributed by atoms with E-state index in [1.54, 1.807) is 12.1 Å². The highest BCUT2D eigenvalue weighted by molar-refractivity contribution is 9.09. The maximum Gasteiger partial charge on any atom is 0.402 e. The Balaban J connectivity index is 3.04. The summed E-state index contributed by atoms with van der Waals surface area (Å²) in [6.45, 7) is 0.266. The maximum atomic E-state index is 12.5. The molecule has 0 spiro atoms. The Kier molecular flexibility index (Phi) is 6.68. The van der Waals surface area contributed by atoms with Gasteiger partial charge in [0.2, 0.25) is 10.0 Å². The molecule has 1 aromatic rings. The van der Waals surface area contributed by atoms with Crippen LogP contribution >= 0.6 is 15.9 Å². The Morgan fingerprint density at radius 1 is 1.19 bits per heavy atom. The van der Waals surface area contributed by atoms with Crippen molar-refractivity contribution >= 4 is 26.0 Å². The number of benzene rings is 1. The third kappa shape index (κ3) is 5.60. The van der Waals surface area contributed by atoms with E-state index in [9.17, 15) is 21.6 Å². The largest absolute Gasteiger partial charge is 0.402 e. The van der Waals surface area contributed by atoms with Crippen LogP contribution in [0.1, 0.15) is 18.9 Å². The third-order valence-corrected chi connectivity index (χ3v) is 5.00. The number of aryl methyl sites for hydroxylation is 1. The van der Waals surface area contributed by atoms with Crippen molar-refractivity contribution in [2.45, 2.75) is 30.8 Å². The van der Waals surface area contributed by atoms with E-state index in [-0.39, 0.29) is 16.8 Å². The van der Waals surface area contributed by atoms with Gasteiger partial charge in [0.15, 0.2) is 0 Å². The Hall–Kier alpha value is -0.600. The molecule has 0 atom stereocenters. The van der Waals surface area contributed by atoms with Crippen LogP contribution in [-0.4, -0.2) is 37.3 Å². The van der Waals surface area contributed by atoms with Crippen LogP contribution in [0.4, 0.5) is 13.2 Å². The van der Waals surface area contributed by atoms with Gasteiger partial charge < -0.3 is 0 Å². The van der Waals surface area contributed by atoms with Crippen molar-refractivity contribution in [1.29, 1.82) is 0 Å². The second-order valence-electron chi connectivity index (χ2n) is 4.54. The minimum atomic E-state index is -4.57. The van der Waals surface area contributed by atoms with E-state index < -0.39 is 22.7 Å². The molecule has 0 amide bonds. The van der Waals surface area contributed by atoms with E-state index in [0.717, 1.165) is 18.4 Å². The molecule has 0 unspecified atom stereocenters. The zero-order valence-corrected chi connectivity index (χ0v) is 13.9. The Morgan fingerprint density at radius 3 is 2.19 bits per heavy atom. The lowest BCUT2D eigenvalue weighted by atomic mass is 10.1. The van der Waals surface area contributed by atoms with Crippen LogP contribution < -0.4 is 0 Å². The van der Waals surface area contributed by atoms with E-state index >= 15 is 0 Å². The van der Waals surface area contributed by atoms with Gasteiger partial charge in [0.05, 0.1) is 4.90 Å². The molecule has 3 nitrogen and oxygen atoms in total. The summed E-state index contributed by atoms with van der Waals surface area (Å²) in [5.74, 6) is 0. The number of nitrogens with zero attached hydrogens (tertiary/aromatic N) is 1. The summed E-state index contributed by atoms with van der Waals surface area (Å²) in [4.78, 5) is -0.118. The van der Waals surface area contributed by atoms with Gasteiger partial charge in [-0.1, -0.05) is 41.4 Å². The Labute approximate surface area is 131 Å². The average molecular weight is 388 g/mol. The smallest absolute Gasteiger partial charge is 0.207 e. The van der Waals surface area contributed by atoms with Gasteiger partial charge in [-0.25, -0.2) is 8.42 Å². The molecule has 1 rings (SSSR count). The van der Waals surface area contributed by atoms with Crippen LogP contribution in [0.2, 0.25) is 0 Å². The summed E-state index contributed by atoms with van der Waals surface area (Å²) in [7, 11) is -4.14. The SMILES string of the molecule is CCCc1ccc(S(=O)(=O)N(CCBr)CC(F)(F)F)cc1. The first-order valence-corrected chi connectivity index (χ1v) is 8.98. The number of hydrogen-bond donors (Lipinski definition) is 0. The zero-order valence-electron chi connectivity index (χ0n) is 11.5. The molecule has 0 aliphatic carbocycles. The first kappa shape index (κ1) is 18.4. The summed E-state index contributed by atoms with van der Waals surface area (Å²) in [6.07, 6.45) is -2.86. The minimum Gasteiger partial charge on any atom is -0.207 e. The molecule has 0 fully saturated rings. The molecule has 0 N–H and O–H groups in total. The fourth-order valence-corrected chi connectivity index (χ4v) is 3.93. The molecule has 1 aromatic carbocycles. The van der Waals surface area contributed by atoms with Crippen molar-refractivity contribution in [2.75, 3.05) is 18.4 Å². The highest BCUT2D eigenvalue weighted by Gasteiger charge is 2.36. The van der Waals surface area contributed by atoms with E-state index in [1.165, 1.54) is 12.1 Å². The fourth-order valence-electron chi connectivity index (χ4n) is 1.84. The van der Waals surface area contributed by atoms with Crippen molar-refractivity contribution in [3.8, 4) is 0 Å². The molecular formula is C13H17BrF3NO2S. The highest BCUT2D eigenvalue weighted by atomic mass is 79.9. The summed E-state index contributed by atoms with van der Waals surface area (Å²) in [6, 6.07) is 5.99. The maximum absolute atomic E-state index is 12.5. The van der Waals surface area contributed by atoms with E-state index in [2.05, 4.69) is 15.9 Å². The predicted molar refractivity (Wildman–Crippen MR) is 79.0 cm³/mol. The number of rotatable bonds is 7. The van der Waals surface area contributed by atoms with Gasteiger partial charge in [0, 0.05) is 11.9 Å². The van der Waals surface area contributed by atoms with Gasteiger partial charge in [-0.2, -0.15) is 17.5 Å². The van der Waals surface area contributed by atoms with Crippen molar-refractivity contribution in [3.63, 3.8) is 0 Å². The molecule has 0 bridgehead atoms. The molecule has 8 heteroatoms. The molecule has 120 valence electrons. The molecular weight excluding hydrogens is 371 g/mol. The number of sulfonamides is 1. The number of halogens is 4. The summed E-state index contributed by atoms with van der Waals surface area (Å²) < 4.78 is 62.5. The molecule has 0 aromatic heterocycles. The highest BCUT2D eigenvalue weighted by Crippen LogP contribution is 2.23. The van der Waals surface area contributed by atoms with Crippen LogP contribution in [0.5, 0.6) is 0 Å². The van der Waals surface area contributed by atoms with Crippen LogP contribution in [0, 0.1) is 0 Å². The van der Waals surface area contributed by atoms with Gasteiger partial charge in [-0.3, -0.25) is 0 Å². The quantitative estimate of drug-likeness (QED) is 0.670. The normalized spacial score (nSPS) is 12.9. The van der Waals surface area contributed by atoms with Gasteiger partial charge >= 0.3 is 6.18 Å².